The van der Waals surface area contributed by atoms with Crippen LogP contribution in [0.3, 0.4) is 0 Å². The molecule has 0 fully saturated rings. The minimum atomic E-state index is 0.435. The minimum absolute atomic E-state index is 0.435. The second kappa shape index (κ2) is 10.7. The number of halogens is 2. The molecular formula is C19H24BrClN2O2. The summed E-state index contributed by atoms with van der Waals surface area (Å²) in [5.74, 6) is 1.42. The summed E-state index contributed by atoms with van der Waals surface area (Å²) in [4.78, 5) is 0. The van der Waals surface area contributed by atoms with Crippen LogP contribution in [0.15, 0.2) is 40.9 Å². The van der Waals surface area contributed by atoms with Crippen LogP contribution in [0.2, 0.25) is 5.02 Å². The number of hydrogen-bond donors (Lipinski definition) is 2. The van der Waals surface area contributed by atoms with Gasteiger partial charge in [-0.15, -0.1) is 0 Å². The predicted octanol–water partition coefficient (Wildman–Crippen LogP) is 4.39. The lowest BCUT2D eigenvalue weighted by molar-refractivity contribution is 0.284. The van der Waals surface area contributed by atoms with Gasteiger partial charge < -0.3 is 20.1 Å². The Hall–Kier alpha value is -1.27. The highest BCUT2D eigenvalue weighted by Gasteiger charge is 2.10. The van der Waals surface area contributed by atoms with E-state index in [-0.39, 0.29) is 0 Å². The first-order chi connectivity index (χ1) is 12.1. The van der Waals surface area contributed by atoms with E-state index in [1.165, 1.54) is 0 Å². The van der Waals surface area contributed by atoms with Gasteiger partial charge in [0, 0.05) is 16.0 Å². The first-order valence-corrected chi connectivity index (χ1v) is 9.40. The van der Waals surface area contributed by atoms with E-state index in [0.717, 1.165) is 47.4 Å². The molecule has 2 aromatic carbocycles. The van der Waals surface area contributed by atoms with Gasteiger partial charge in [-0.1, -0.05) is 39.7 Å². The summed E-state index contributed by atoms with van der Waals surface area (Å²) in [6, 6.07) is 11.6. The largest absolute Gasteiger partial charge is 0.493 e. The second-order valence-electron chi connectivity index (χ2n) is 5.65. The third-order valence-corrected chi connectivity index (χ3v) is 4.69. The van der Waals surface area contributed by atoms with Crippen molar-refractivity contribution in [2.75, 3.05) is 27.2 Å². The zero-order chi connectivity index (χ0) is 18.1. The lowest BCUT2D eigenvalue weighted by Crippen LogP contribution is -2.19. The summed E-state index contributed by atoms with van der Waals surface area (Å²) >= 11 is 9.63. The normalized spacial score (nSPS) is 10.7. The third-order valence-electron chi connectivity index (χ3n) is 3.71. The standard InChI is InChI=1S/C19H24BrClN2O2/c1-22-7-4-8-23-12-15-10-18(24-2)19(11-17(15)20)25-13-14-5-3-6-16(21)9-14/h3,5-6,9-11,22-23H,4,7-8,12-13H2,1-2H3. The van der Waals surface area contributed by atoms with Crippen LogP contribution in [0, 0.1) is 0 Å². The Labute approximate surface area is 163 Å². The molecule has 0 radical (unpaired) electrons. The predicted molar refractivity (Wildman–Crippen MR) is 107 cm³/mol. The van der Waals surface area contributed by atoms with Gasteiger partial charge >= 0.3 is 0 Å². The Morgan fingerprint density at radius 2 is 1.96 bits per heavy atom. The average molecular weight is 428 g/mol. The molecule has 25 heavy (non-hydrogen) atoms. The van der Waals surface area contributed by atoms with Crippen LogP contribution in [0.25, 0.3) is 0 Å². The first-order valence-electron chi connectivity index (χ1n) is 8.23. The van der Waals surface area contributed by atoms with Gasteiger partial charge in [0.2, 0.25) is 0 Å². The monoisotopic (exact) mass is 426 g/mol. The van der Waals surface area contributed by atoms with Crippen molar-refractivity contribution < 1.29 is 9.47 Å². The van der Waals surface area contributed by atoms with E-state index >= 15 is 0 Å². The molecule has 0 bridgehead atoms. The number of benzene rings is 2. The van der Waals surface area contributed by atoms with Gasteiger partial charge in [-0.2, -0.15) is 0 Å². The molecule has 2 rings (SSSR count). The Balaban J connectivity index is 2.00. The quantitative estimate of drug-likeness (QED) is 0.552. The third kappa shape index (κ3) is 6.51. The number of ether oxygens (including phenoxy) is 2. The Bertz CT molecular complexity index is 682. The summed E-state index contributed by atoms with van der Waals surface area (Å²) in [6.45, 7) is 3.18. The van der Waals surface area contributed by atoms with Gasteiger partial charge in [0.25, 0.3) is 0 Å². The van der Waals surface area contributed by atoms with Crippen molar-refractivity contribution >= 4 is 27.5 Å². The van der Waals surface area contributed by atoms with Gasteiger partial charge in [-0.3, -0.25) is 0 Å². The van der Waals surface area contributed by atoms with Gasteiger partial charge in [0.05, 0.1) is 7.11 Å². The zero-order valence-corrected chi connectivity index (χ0v) is 16.9. The summed E-state index contributed by atoms with van der Waals surface area (Å²) in [5, 5.41) is 7.27. The van der Waals surface area contributed by atoms with Crippen molar-refractivity contribution in [3.8, 4) is 11.5 Å². The minimum Gasteiger partial charge on any atom is -0.493 e. The van der Waals surface area contributed by atoms with Gasteiger partial charge in [0.1, 0.15) is 6.61 Å². The second-order valence-corrected chi connectivity index (χ2v) is 6.94. The van der Waals surface area contributed by atoms with Crippen molar-refractivity contribution in [3.63, 3.8) is 0 Å². The highest BCUT2D eigenvalue weighted by molar-refractivity contribution is 9.10. The Kier molecular flexibility index (Phi) is 8.55. The Morgan fingerprint density at radius 1 is 1.12 bits per heavy atom. The SMILES string of the molecule is CNCCCNCc1cc(OC)c(OCc2cccc(Cl)c2)cc1Br. The Morgan fingerprint density at radius 3 is 2.68 bits per heavy atom. The smallest absolute Gasteiger partial charge is 0.162 e. The topological polar surface area (TPSA) is 42.5 Å². The summed E-state index contributed by atoms with van der Waals surface area (Å²) < 4.78 is 12.4. The molecule has 0 unspecified atom stereocenters. The lowest BCUT2D eigenvalue weighted by atomic mass is 10.2. The van der Waals surface area contributed by atoms with Crippen LogP contribution in [-0.4, -0.2) is 27.2 Å². The number of nitrogens with one attached hydrogen (secondary N) is 2. The molecule has 0 saturated carbocycles. The summed E-state index contributed by atoms with van der Waals surface area (Å²) in [6.07, 6.45) is 1.09. The van der Waals surface area contributed by atoms with Crippen LogP contribution >= 0.6 is 27.5 Å². The molecule has 0 amide bonds. The highest BCUT2D eigenvalue weighted by Crippen LogP contribution is 2.34. The van der Waals surface area contributed by atoms with E-state index in [0.29, 0.717) is 17.4 Å². The maximum Gasteiger partial charge on any atom is 0.162 e. The molecule has 0 aliphatic rings. The summed E-state index contributed by atoms with van der Waals surface area (Å²) in [5.41, 5.74) is 2.15. The van der Waals surface area contributed by atoms with E-state index in [1.54, 1.807) is 7.11 Å². The molecule has 0 spiro atoms. The molecule has 2 aromatic rings. The lowest BCUT2D eigenvalue weighted by Gasteiger charge is -2.14. The van der Waals surface area contributed by atoms with Crippen LogP contribution in [0.4, 0.5) is 0 Å². The van der Waals surface area contributed by atoms with E-state index < -0.39 is 0 Å². The zero-order valence-electron chi connectivity index (χ0n) is 14.6. The molecule has 4 nitrogen and oxygen atoms in total. The molecule has 136 valence electrons. The van der Waals surface area contributed by atoms with Gasteiger partial charge in [-0.25, -0.2) is 0 Å². The van der Waals surface area contributed by atoms with Crippen molar-refractivity contribution in [1.29, 1.82) is 0 Å². The van der Waals surface area contributed by atoms with Crippen LogP contribution in [0.5, 0.6) is 11.5 Å². The van der Waals surface area contributed by atoms with Crippen molar-refractivity contribution in [1.82, 2.24) is 10.6 Å². The van der Waals surface area contributed by atoms with Crippen molar-refractivity contribution in [2.24, 2.45) is 0 Å². The number of hydrogen-bond acceptors (Lipinski definition) is 4. The van der Waals surface area contributed by atoms with Gasteiger partial charge in [0.15, 0.2) is 11.5 Å². The number of methoxy groups -OCH3 is 1. The van der Waals surface area contributed by atoms with E-state index in [9.17, 15) is 0 Å². The fraction of sp³-hybridized carbons (Fsp3) is 0.368. The fourth-order valence-corrected chi connectivity index (χ4v) is 3.06. The van der Waals surface area contributed by atoms with E-state index in [2.05, 4.69) is 26.6 Å². The van der Waals surface area contributed by atoms with Crippen LogP contribution < -0.4 is 20.1 Å². The van der Waals surface area contributed by atoms with E-state index in [1.807, 2.05) is 43.4 Å². The van der Waals surface area contributed by atoms with Crippen molar-refractivity contribution in [2.45, 2.75) is 19.6 Å². The molecule has 2 N–H and O–H groups in total. The highest BCUT2D eigenvalue weighted by atomic mass is 79.9. The average Bonchev–Trinajstić information content (AvgIpc) is 2.61. The van der Waals surface area contributed by atoms with Gasteiger partial charge in [-0.05, 0) is 62.0 Å². The molecule has 6 heteroatoms. The van der Waals surface area contributed by atoms with E-state index in [4.69, 9.17) is 21.1 Å². The first kappa shape index (κ1) is 20.0. The van der Waals surface area contributed by atoms with Crippen LogP contribution in [0.1, 0.15) is 17.5 Å². The molecular weight excluding hydrogens is 404 g/mol. The maximum atomic E-state index is 6.01. The molecule has 0 heterocycles. The van der Waals surface area contributed by atoms with Crippen molar-refractivity contribution in [3.05, 3.63) is 57.0 Å². The molecule has 0 aliphatic heterocycles. The summed E-state index contributed by atoms with van der Waals surface area (Å²) in [7, 11) is 3.61. The van der Waals surface area contributed by atoms with Crippen LogP contribution in [-0.2, 0) is 13.2 Å². The molecule has 0 atom stereocenters. The number of rotatable bonds is 10. The molecule has 0 saturated heterocycles. The maximum absolute atomic E-state index is 6.01. The fourth-order valence-electron chi connectivity index (χ4n) is 2.39. The molecule has 0 aromatic heterocycles. The molecule has 0 aliphatic carbocycles.